The maximum Gasteiger partial charge on any atom is 0.249 e. The third kappa shape index (κ3) is 4.66. The fourth-order valence-electron chi connectivity index (χ4n) is 3.13. The summed E-state index contributed by atoms with van der Waals surface area (Å²) < 4.78 is 0. The Hall–Kier alpha value is -2.52. The molecule has 1 N–H and O–H groups in total. The number of amides is 2. The number of nitrogens with zero attached hydrogens (tertiary/aromatic N) is 6. The molecule has 0 saturated carbocycles. The van der Waals surface area contributed by atoms with Gasteiger partial charge in [-0.25, -0.2) is 0 Å². The summed E-state index contributed by atoms with van der Waals surface area (Å²) in [6.07, 6.45) is 0.563. The molecule has 1 unspecified atom stereocenters. The highest BCUT2D eigenvalue weighted by molar-refractivity contribution is 6.30. The van der Waals surface area contributed by atoms with Crippen LogP contribution in [-0.2, 0) is 9.59 Å². The first kappa shape index (κ1) is 20.2. The minimum atomic E-state index is -0.501. The summed E-state index contributed by atoms with van der Waals surface area (Å²) in [5, 5.41) is 15.8. The molecule has 28 heavy (non-hydrogen) atoms. The molecule has 1 aliphatic heterocycles. The van der Waals surface area contributed by atoms with E-state index in [0.29, 0.717) is 50.0 Å². The smallest absolute Gasteiger partial charge is 0.249 e. The van der Waals surface area contributed by atoms with Crippen molar-refractivity contribution in [2.75, 3.05) is 39.8 Å². The molecule has 0 radical (unpaired) electrons. The van der Waals surface area contributed by atoms with Crippen LogP contribution in [0.25, 0.3) is 11.4 Å². The van der Waals surface area contributed by atoms with Crippen LogP contribution in [0, 0.1) is 0 Å². The molecule has 1 atom stereocenters. The lowest BCUT2D eigenvalue weighted by atomic mass is 10.2. The average Bonchev–Trinajstić information content (AvgIpc) is 3.19. The second-order valence-electron chi connectivity index (χ2n) is 6.64. The maximum atomic E-state index is 13.0. The van der Waals surface area contributed by atoms with Crippen molar-refractivity contribution in [1.29, 1.82) is 0 Å². The number of nitrogens with one attached hydrogen (secondary N) is 1. The van der Waals surface area contributed by atoms with Gasteiger partial charge in [0.25, 0.3) is 0 Å². The summed E-state index contributed by atoms with van der Waals surface area (Å²) in [7, 11) is 1.62. The molecule has 1 fully saturated rings. The van der Waals surface area contributed by atoms with E-state index in [2.05, 4.69) is 20.7 Å². The number of carbonyl (C=O) groups excluding carboxylic acids is 2. The van der Waals surface area contributed by atoms with E-state index in [-0.39, 0.29) is 11.8 Å². The van der Waals surface area contributed by atoms with Crippen molar-refractivity contribution in [3.8, 4) is 11.4 Å². The number of benzene rings is 1. The highest BCUT2D eigenvalue weighted by Crippen LogP contribution is 2.20. The van der Waals surface area contributed by atoms with Gasteiger partial charge < -0.3 is 10.2 Å². The number of rotatable bonds is 6. The van der Waals surface area contributed by atoms with E-state index in [0.717, 1.165) is 5.56 Å². The van der Waals surface area contributed by atoms with Gasteiger partial charge in [0, 0.05) is 43.8 Å². The largest absolute Gasteiger partial charge is 0.358 e. The second kappa shape index (κ2) is 9.11. The van der Waals surface area contributed by atoms with Crippen molar-refractivity contribution < 1.29 is 9.59 Å². The summed E-state index contributed by atoms with van der Waals surface area (Å²) >= 11 is 5.91. The second-order valence-corrected chi connectivity index (χ2v) is 7.08. The van der Waals surface area contributed by atoms with Gasteiger partial charge in [-0.2, -0.15) is 4.80 Å². The molecule has 9 nitrogen and oxygen atoms in total. The highest BCUT2D eigenvalue weighted by Gasteiger charge is 2.29. The number of hydrogen-bond donors (Lipinski definition) is 1. The molecule has 0 bridgehead atoms. The Labute approximate surface area is 168 Å². The van der Waals surface area contributed by atoms with Crippen molar-refractivity contribution in [2.45, 2.75) is 19.4 Å². The zero-order chi connectivity index (χ0) is 20.1. The first-order chi connectivity index (χ1) is 13.5. The van der Waals surface area contributed by atoms with Gasteiger partial charge in [0.2, 0.25) is 17.6 Å². The predicted octanol–water partition coefficient (Wildman–Crippen LogP) is 0.835. The Kier molecular flexibility index (Phi) is 6.58. The van der Waals surface area contributed by atoms with Crippen LogP contribution in [0.4, 0.5) is 0 Å². The molecule has 2 heterocycles. The number of halogens is 1. The van der Waals surface area contributed by atoms with Crippen LogP contribution in [0.5, 0.6) is 0 Å². The Morgan fingerprint density at radius 2 is 1.86 bits per heavy atom. The van der Waals surface area contributed by atoms with E-state index in [1.54, 1.807) is 24.1 Å². The fraction of sp³-hybridized carbons (Fsp3) is 0.500. The first-order valence-electron chi connectivity index (χ1n) is 9.29. The van der Waals surface area contributed by atoms with Crippen LogP contribution in [0.3, 0.4) is 0 Å². The molecule has 150 valence electrons. The number of hydrogen-bond acceptors (Lipinski definition) is 6. The van der Waals surface area contributed by atoms with Gasteiger partial charge in [-0.1, -0.05) is 18.5 Å². The van der Waals surface area contributed by atoms with Crippen molar-refractivity contribution in [2.24, 2.45) is 0 Å². The Morgan fingerprint density at radius 1 is 1.18 bits per heavy atom. The molecule has 2 amide bonds. The van der Waals surface area contributed by atoms with E-state index < -0.39 is 6.04 Å². The summed E-state index contributed by atoms with van der Waals surface area (Å²) in [5.41, 5.74) is 0.792. The number of piperazine rings is 1. The highest BCUT2D eigenvalue weighted by atomic mass is 35.5. The molecule has 1 saturated heterocycles. The van der Waals surface area contributed by atoms with Gasteiger partial charge in [0.05, 0.1) is 6.54 Å². The number of aromatic nitrogens is 4. The van der Waals surface area contributed by atoms with Crippen LogP contribution in [-0.4, -0.2) is 81.6 Å². The zero-order valence-electron chi connectivity index (χ0n) is 16.0. The molecule has 10 heteroatoms. The van der Waals surface area contributed by atoms with Crippen molar-refractivity contribution in [3.63, 3.8) is 0 Å². The molecule has 0 spiro atoms. The van der Waals surface area contributed by atoms with E-state index in [4.69, 9.17) is 11.6 Å². The lowest BCUT2D eigenvalue weighted by Gasteiger charge is -2.35. The Bertz CT molecular complexity index is 816. The van der Waals surface area contributed by atoms with Gasteiger partial charge in [-0.3, -0.25) is 14.5 Å². The number of tetrazole rings is 1. The molecule has 1 aliphatic rings. The lowest BCUT2D eigenvalue weighted by Crippen LogP contribution is -2.52. The molecule has 1 aromatic carbocycles. The SMILES string of the molecule is CCC(C(=O)N1CCN(CC(=O)NC)CC1)n1nnc(-c2ccc(Cl)cc2)n1. The molecule has 3 rings (SSSR count). The van der Waals surface area contributed by atoms with Gasteiger partial charge in [-0.15, -0.1) is 10.2 Å². The number of likely N-dealkylation sites (N-methyl/N-ethyl adjacent to an activating group) is 1. The van der Waals surface area contributed by atoms with Crippen LogP contribution >= 0.6 is 11.6 Å². The van der Waals surface area contributed by atoms with Gasteiger partial charge >= 0.3 is 0 Å². The third-order valence-corrected chi connectivity index (χ3v) is 5.06. The molecule has 0 aliphatic carbocycles. The van der Waals surface area contributed by atoms with Gasteiger partial charge in [0.15, 0.2) is 6.04 Å². The van der Waals surface area contributed by atoms with Crippen LogP contribution in [0.1, 0.15) is 19.4 Å². The van der Waals surface area contributed by atoms with Crippen molar-refractivity contribution >= 4 is 23.4 Å². The van der Waals surface area contributed by atoms with E-state index >= 15 is 0 Å². The standard InChI is InChI=1S/C18H24ClN7O2/c1-3-15(18(28)25-10-8-24(9-11-25)12-16(27)20-2)26-22-17(21-23-26)13-4-6-14(19)7-5-13/h4-7,15H,3,8-12H2,1-2H3,(H,20,27). The topological polar surface area (TPSA) is 96.2 Å². The zero-order valence-corrected chi connectivity index (χ0v) is 16.8. The van der Waals surface area contributed by atoms with Crippen LogP contribution in [0.15, 0.2) is 24.3 Å². The van der Waals surface area contributed by atoms with Crippen molar-refractivity contribution in [1.82, 2.24) is 35.3 Å². The fourth-order valence-corrected chi connectivity index (χ4v) is 3.25. The normalized spacial score (nSPS) is 16.0. The molecule has 2 aromatic rings. The van der Waals surface area contributed by atoms with E-state index in [1.807, 2.05) is 24.0 Å². The minimum absolute atomic E-state index is 0.0206. The number of carbonyl (C=O) groups is 2. The van der Waals surface area contributed by atoms with Crippen LogP contribution in [0.2, 0.25) is 5.02 Å². The predicted molar refractivity (Wildman–Crippen MR) is 105 cm³/mol. The van der Waals surface area contributed by atoms with Crippen LogP contribution < -0.4 is 5.32 Å². The third-order valence-electron chi connectivity index (χ3n) is 4.81. The lowest BCUT2D eigenvalue weighted by molar-refractivity contribution is -0.137. The monoisotopic (exact) mass is 405 g/mol. The van der Waals surface area contributed by atoms with Gasteiger partial charge in [-0.05, 0) is 35.9 Å². The van der Waals surface area contributed by atoms with Crippen molar-refractivity contribution in [3.05, 3.63) is 29.3 Å². The summed E-state index contributed by atoms with van der Waals surface area (Å²) in [5.74, 6) is 0.410. The quantitative estimate of drug-likeness (QED) is 0.764. The Balaban J connectivity index is 1.64. The average molecular weight is 406 g/mol. The van der Waals surface area contributed by atoms with E-state index in [9.17, 15) is 9.59 Å². The molecule has 1 aromatic heterocycles. The summed E-state index contributed by atoms with van der Waals surface area (Å²) in [4.78, 5) is 29.7. The molecular weight excluding hydrogens is 382 g/mol. The molecular formula is C18H24ClN7O2. The Morgan fingerprint density at radius 3 is 2.46 bits per heavy atom. The van der Waals surface area contributed by atoms with E-state index in [1.165, 1.54) is 4.80 Å². The van der Waals surface area contributed by atoms with Gasteiger partial charge in [0.1, 0.15) is 0 Å². The summed E-state index contributed by atoms with van der Waals surface area (Å²) in [6.45, 7) is 4.75. The maximum absolute atomic E-state index is 13.0. The first-order valence-corrected chi connectivity index (χ1v) is 9.66. The minimum Gasteiger partial charge on any atom is -0.358 e. The summed E-state index contributed by atoms with van der Waals surface area (Å²) in [6, 6.07) is 6.66.